The monoisotopic (exact) mass is 344 g/mol. The van der Waals surface area contributed by atoms with E-state index >= 15 is 0 Å². The van der Waals surface area contributed by atoms with Crippen molar-refractivity contribution in [3.05, 3.63) is 0 Å². The average molecular weight is 345 g/mol. The van der Waals surface area contributed by atoms with Crippen LogP contribution in [-0.4, -0.2) is 6.29 Å². The van der Waals surface area contributed by atoms with Gasteiger partial charge in [-0.1, -0.05) is 33.6 Å². The van der Waals surface area contributed by atoms with Gasteiger partial charge in [-0.05, 0) is 104 Å². The molecule has 0 aromatic rings. The van der Waals surface area contributed by atoms with Crippen molar-refractivity contribution in [2.24, 2.45) is 46.3 Å². The smallest absolute Gasteiger partial charge is 0.120 e. The molecule has 4 unspecified atom stereocenters. The topological polar surface area (TPSA) is 17.1 Å². The summed E-state index contributed by atoms with van der Waals surface area (Å²) in [6, 6.07) is 0. The molecule has 0 aliphatic heterocycles. The molecule has 4 aliphatic carbocycles. The second-order valence-corrected chi connectivity index (χ2v) is 10.9. The molecule has 1 heteroatoms. The molecule has 0 heterocycles. The molecule has 1 nitrogen and oxygen atoms in total. The van der Waals surface area contributed by atoms with Crippen molar-refractivity contribution < 1.29 is 4.79 Å². The SMILES string of the molecule is C[C@H](CCC=O)[C@H]1CCC2C3CCC4CCCC[C@]4(C)C3CC[C@@]21C. The molecule has 4 rings (SSSR count). The fourth-order valence-corrected chi connectivity index (χ4v) is 8.80. The van der Waals surface area contributed by atoms with E-state index in [2.05, 4.69) is 20.8 Å². The van der Waals surface area contributed by atoms with Gasteiger partial charge in [-0.3, -0.25) is 0 Å². The molecule has 0 amide bonds. The average Bonchev–Trinajstić information content (AvgIpc) is 2.96. The van der Waals surface area contributed by atoms with Crippen molar-refractivity contribution in [3.63, 3.8) is 0 Å². The Morgan fingerprint density at radius 1 is 0.920 bits per heavy atom. The molecule has 25 heavy (non-hydrogen) atoms. The van der Waals surface area contributed by atoms with E-state index in [9.17, 15) is 4.79 Å². The van der Waals surface area contributed by atoms with Crippen molar-refractivity contribution in [3.8, 4) is 0 Å². The maximum atomic E-state index is 10.8. The van der Waals surface area contributed by atoms with Crippen LogP contribution in [0.15, 0.2) is 0 Å². The fourth-order valence-electron chi connectivity index (χ4n) is 8.80. The van der Waals surface area contributed by atoms with Crippen molar-refractivity contribution in [1.29, 1.82) is 0 Å². The van der Waals surface area contributed by atoms with Crippen LogP contribution < -0.4 is 0 Å². The van der Waals surface area contributed by atoms with Crippen molar-refractivity contribution in [1.82, 2.24) is 0 Å². The third-order valence-electron chi connectivity index (χ3n) is 10.1. The normalized spacial score (nSPS) is 50.4. The van der Waals surface area contributed by atoms with Crippen LogP contribution in [0.5, 0.6) is 0 Å². The van der Waals surface area contributed by atoms with Gasteiger partial charge >= 0.3 is 0 Å². The second kappa shape index (κ2) is 6.68. The Kier molecular flexibility index (Phi) is 4.82. The van der Waals surface area contributed by atoms with E-state index in [1.807, 2.05) is 0 Å². The van der Waals surface area contributed by atoms with Crippen LogP contribution in [-0.2, 0) is 4.79 Å². The summed E-state index contributed by atoms with van der Waals surface area (Å²) in [5.74, 6) is 5.66. The molecule has 0 N–H and O–H groups in total. The number of hydrogen-bond acceptors (Lipinski definition) is 1. The lowest BCUT2D eigenvalue weighted by Gasteiger charge is -2.61. The Labute approximate surface area is 155 Å². The molecular formula is C24H40O. The van der Waals surface area contributed by atoms with Crippen LogP contribution in [0.25, 0.3) is 0 Å². The third kappa shape index (κ3) is 2.74. The van der Waals surface area contributed by atoms with Crippen molar-refractivity contribution >= 4 is 6.29 Å². The summed E-state index contributed by atoms with van der Waals surface area (Å²) in [7, 11) is 0. The van der Waals surface area contributed by atoms with E-state index in [1.165, 1.54) is 64.2 Å². The third-order valence-corrected chi connectivity index (χ3v) is 10.1. The largest absolute Gasteiger partial charge is 0.303 e. The number of fused-ring (bicyclic) bond motifs is 5. The van der Waals surface area contributed by atoms with Gasteiger partial charge in [0.1, 0.15) is 6.29 Å². The van der Waals surface area contributed by atoms with Gasteiger partial charge in [0.05, 0.1) is 0 Å². The minimum absolute atomic E-state index is 0.571. The van der Waals surface area contributed by atoms with Gasteiger partial charge in [-0.25, -0.2) is 0 Å². The van der Waals surface area contributed by atoms with E-state index in [0.717, 1.165) is 54.6 Å². The zero-order chi connectivity index (χ0) is 17.7. The number of rotatable bonds is 4. The summed E-state index contributed by atoms with van der Waals surface area (Å²) in [6.45, 7) is 7.78. The lowest BCUT2D eigenvalue weighted by Crippen LogP contribution is -2.53. The predicted molar refractivity (Wildman–Crippen MR) is 104 cm³/mol. The zero-order valence-electron chi connectivity index (χ0n) is 16.9. The van der Waals surface area contributed by atoms with Crippen LogP contribution in [0.2, 0.25) is 0 Å². The summed E-state index contributed by atoms with van der Waals surface area (Å²) in [4.78, 5) is 10.8. The molecular weight excluding hydrogens is 304 g/mol. The number of carbonyl (C=O) groups excluding carboxylic acids is 1. The number of carbonyl (C=O) groups is 1. The first-order chi connectivity index (χ1) is 12.0. The Morgan fingerprint density at radius 2 is 1.72 bits per heavy atom. The van der Waals surface area contributed by atoms with E-state index < -0.39 is 0 Å². The molecule has 4 fully saturated rings. The molecule has 4 aliphatic rings. The van der Waals surface area contributed by atoms with Crippen LogP contribution in [0, 0.1) is 46.3 Å². The molecule has 0 bridgehead atoms. The molecule has 142 valence electrons. The lowest BCUT2D eigenvalue weighted by molar-refractivity contribution is -0.115. The fraction of sp³-hybridized carbons (Fsp3) is 0.958. The molecule has 0 spiro atoms. The highest BCUT2D eigenvalue weighted by molar-refractivity contribution is 5.49. The van der Waals surface area contributed by atoms with Crippen LogP contribution in [0.1, 0.15) is 97.8 Å². The summed E-state index contributed by atoms with van der Waals surface area (Å²) >= 11 is 0. The van der Waals surface area contributed by atoms with Gasteiger partial charge in [0.2, 0.25) is 0 Å². The van der Waals surface area contributed by atoms with Gasteiger partial charge in [-0.2, -0.15) is 0 Å². The Bertz CT molecular complexity index is 498. The first-order valence-electron chi connectivity index (χ1n) is 11.4. The molecule has 0 radical (unpaired) electrons. The highest BCUT2D eigenvalue weighted by atomic mass is 16.1. The van der Waals surface area contributed by atoms with E-state index in [1.54, 1.807) is 0 Å². The van der Waals surface area contributed by atoms with Crippen LogP contribution >= 0.6 is 0 Å². The quantitative estimate of drug-likeness (QED) is 0.522. The van der Waals surface area contributed by atoms with E-state index in [4.69, 9.17) is 0 Å². The predicted octanol–water partition coefficient (Wildman–Crippen LogP) is 6.65. The molecule has 4 saturated carbocycles. The standard InChI is InChI=1S/C24H40O/c1-17(7-6-16-25)20-11-12-21-19-10-9-18-8-4-5-14-23(18,2)22(19)13-15-24(20,21)3/h16-22H,4-15H2,1-3H3/t17-,18?,19?,20-,21?,22?,23+,24-/m1/s1. The van der Waals surface area contributed by atoms with Crippen LogP contribution in [0.3, 0.4) is 0 Å². The first-order valence-corrected chi connectivity index (χ1v) is 11.4. The summed E-state index contributed by atoms with van der Waals surface area (Å²) in [6.07, 6.45) is 18.0. The Hall–Kier alpha value is -0.330. The van der Waals surface area contributed by atoms with E-state index in [-0.39, 0.29) is 0 Å². The summed E-state index contributed by atoms with van der Waals surface area (Å²) < 4.78 is 0. The number of aldehydes is 1. The van der Waals surface area contributed by atoms with Gasteiger partial charge in [-0.15, -0.1) is 0 Å². The molecule has 0 saturated heterocycles. The minimum Gasteiger partial charge on any atom is -0.303 e. The first kappa shape index (κ1) is 18.1. The minimum atomic E-state index is 0.571. The summed E-state index contributed by atoms with van der Waals surface area (Å²) in [5, 5.41) is 0. The number of hydrogen-bond donors (Lipinski definition) is 0. The van der Waals surface area contributed by atoms with Gasteiger partial charge in [0.15, 0.2) is 0 Å². The Balaban J connectivity index is 1.54. The lowest BCUT2D eigenvalue weighted by atomic mass is 9.44. The highest BCUT2D eigenvalue weighted by Crippen LogP contribution is 2.68. The zero-order valence-corrected chi connectivity index (χ0v) is 16.9. The molecule has 0 aromatic heterocycles. The van der Waals surface area contributed by atoms with Gasteiger partial charge in [0, 0.05) is 6.42 Å². The van der Waals surface area contributed by atoms with Crippen LogP contribution in [0.4, 0.5) is 0 Å². The van der Waals surface area contributed by atoms with Crippen molar-refractivity contribution in [2.75, 3.05) is 0 Å². The molecule has 0 aromatic carbocycles. The second-order valence-electron chi connectivity index (χ2n) is 10.9. The van der Waals surface area contributed by atoms with Crippen molar-refractivity contribution in [2.45, 2.75) is 97.8 Å². The Morgan fingerprint density at radius 3 is 2.52 bits per heavy atom. The van der Waals surface area contributed by atoms with Gasteiger partial charge < -0.3 is 4.79 Å². The molecule has 8 atom stereocenters. The maximum Gasteiger partial charge on any atom is 0.120 e. The van der Waals surface area contributed by atoms with Gasteiger partial charge in [0.25, 0.3) is 0 Å². The van der Waals surface area contributed by atoms with E-state index in [0.29, 0.717) is 10.8 Å². The maximum absolute atomic E-state index is 10.8. The summed E-state index contributed by atoms with van der Waals surface area (Å²) in [5.41, 5.74) is 1.24. The highest BCUT2D eigenvalue weighted by Gasteiger charge is 2.59.